The Labute approximate surface area is 230 Å². The largest absolute Gasteiger partial charge is 0.472 e. The zero-order valence-corrected chi connectivity index (χ0v) is 23.7. The van der Waals surface area contributed by atoms with E-state index < -0.39 is 0 Å². The van der Waals surface area contributed by atoms with Crippen LogP contribution in [0.25, 0.3) is 0 Å². The first-order chi connectivity index (χ1) is 17.2. The molecule has 1 saturated carbocycles. The molecule has 3 fully saturated rings. The molecular formula is C27H38O4S4. The van der Waals surface area contributed by atoms with Crippen molar-refractivity contribution in [3.63, 3.8) is 0 Å². The quantitative estimate of drug-likeness (QED) is 0.114. The summed E-state index contributed by atoms with van der Waals surface area (Å²) in [4.78, 5) is 0. The molecule has 0 aromatic heterocycles. The Kier molecular flexibility index (Phi) is 14.7. The highest BCUT2D eigenvalue weighted by Gasteiger charge is 2.22. The third-order valence-corrected chi connectivity index (χ3v) is 8.64. The van der Waals surface area contributed by atoms with E-state index in [9.17, 15) is 0 Å². The summed E-state index contributed by atoms with van der Waals surface area (Å²) in [6.45, 7) is 2.52. The van der Waals surface area contributed by atoms with Crippen LogP contribution in [0.1, 0.15) is 44.9 Å². The van der Waals surface area contributed by atoms with Gasteiger partial charge in [-0.25, -0.2) is 0 Å². The van der Waals surface area contributed by atoms with Gasteiger partial charge >= 0.3 is 0 Å². The molecule has 0 spiro atoms. The van der Waals surface area contributed by atoms with Crippen LogP contribution in [-0.2, 0) is 18.9 Å². The van der Waals surface area contributed by atoms with Gasteiger partial charge < -0.3 is 18.9 Å². The molecule has 8 heteroatoms. The summed E-state index contributed by atoms with van der Waals surface area (Å²) >= 11 is 13.2. The van der Waals surface area contributed by atoms with Gasteiger partial charge in [-0.1, -0.05) is 72.1 Å². The number of unbranched alkanes of at least 4 members (excludes halogenated alkanes) is 2. The Hall–Kier alpha value is -0.640. The monoisotopic (exact) mass is 554 g/mol. The molecule has 0 aromatic rings. The molecule has 4 unspecified atom stereocenters. The minimum atomic E-state index is 0.123. The molecule has 2 heterocycles. The number of thiocarbonyl (C=S) groups is 2. The molecule has 3 aliphatic rings. The van der Waals surface area contributed by atoms with E-state index in [1.807, 2.05) is 0 Å². The van der Waals surface area contributed by atoms with E-state index in [4.69, 9.17) is 43.4 Å². The lowest BCUT2D eigenvalue weighted by Crippen LogP contribution is -2.17. The number of ether oxygens (including phenoxy) is 4. The molecule has 0 bridgehead atoms. The molecule has 0 amide bonds. The Bertz CT molecular complexity index is 702. The van der Waals surface area contributed by atoms with Crippen LogP contribution < -0.4 is 0 Å². The first-order valence-corrected chi connectivity index (χ1v) is 15.4. The van der Waals surface area contributed by atoms with E-state index in [1.54, 1.807) is 23.5 Å². The van der Waals surface area contributed by atoms with Gasteiger partial charge in [0.1, 0.15) is 12.2 Å². The van der Waals surface area contributed by atoms with Gasteiger partial charge in [0.05, 0.1) is 26.4 Å². The minimum absolute atomic E-state index is 0.123. The summed E-state index contributed by atoms with van der Waals surface area (Å²) in [5, 5.41) is 0. The molecule has 194 valence electrons. The van der Waals surface area contributed by atoms with Crippen molar-refractivity contribution < 1.29 is 18.9 Å². The average Bonchev–Trinajstić information content (AvgIpc) is 3.58. The average molecular weight is 555 g/mol. The normalized spacial score (nSPS) is 27.3. The molecule has 35 heavy (non-hydrogen) atoms. The molecule has 4 atom stereocenters. The van der Waals surface area contributed by atoms with Crippen LogP contribution >= 0.6 is 48.0 Å². The summed E-state index contributed by atoms with van der Waals surface area (Å²) in [5.74, 6) is 3.29. The van der Waals surface area contributed by atoms with Gasteiger partial charge in [0.15, 0.2) is 0 Å². The summed E-state index contributed by atoms with van der Waals surface area (Å²) in [7, 11) is 0. The van der Waals surface area contributed by atoms with Gasteiger partial charge in [0.2, 0.25) is 8.77 Å². The maximum Gasteiger partial charge on any atom is 0.220 e. The van der Waals surface area contributed by atoms with Crippen LogP contribution in [-0.4, -0.2) is 58.9 Å². The third-order valence-electron chi connectivity index (χ3n) is 6.00. The van der Waals surface area contributed by atoms with Crippen molar-refractivity contribution in [2.75, 3.05) is 37.9 Å². The van der Waals surface area contributed by atoms with Gasteiger partial charge in [-0.15, -0.1) is 0 Å². The molecule has 0 N–H and O–H groups in total. The topological polar surface area (TPSA) is 36.9 Å². The van der Waals surface area contributed by atoms with Gasteiger partial charge in [-0.3, -0.25) is 0 Å². The predicted molar refractivity (Wildman–Crippen MR) is 157 cm³/mol. The lowest BCUT2D eigenvalue weighted by molar-refractivity contribution is 0.0778. The molecule has 0 aromatic carbocycles. The first kappa shape index (κ1) is 28.9. The Morgan fingerprint density at radius 2 is 1.14 bits per heavy atom. The fourth-order valence-electron chi connectivity index (χ4n) is 4.17. The summed E-state index contributed by atoms with van der Waals surface area (Å²) < 4.78 is 23.5. The molecule has 2 aliphatic heterocycles. The highest BCUT2D eigenvalue weighted by molar-refractivity contribution is 8.23. The summed E-state index contributed by atoms with van der Waals surface area (Å²) in [6.07, 6.45) is 26.7. The minimum Gasteiger partial charge on any atom is -0.472 e. The molecule has 3 rings (SSSR count). The van der Waals surface area contributed by atoms with E-state index in [0.717, 1.165) is 49.0 Å². The number of hydrogen-bond acceptors (Lipinski definition) is 8. The Morgan fingerprint density at radius 3 is 1.57 bits per heavy atom. The molecule has 2 saturated heterocycles. The van der Waals surface area contributed by atoms with E-state index >= 15 is 0 Å². The van der Waals surface area contributed by atoms with Crippen molar-refractivity contribution in [2.24, 2.45) is 11.8 Å². The van der Waals surface area contributed by atoms with Crippen molar-refractivity contribution >= 4 is 56.7 Å². The molecule has 1 aliphatic carbocycles. The van der Waals surface area contributed by atoms with Crippen molar-refractivity contribution in [2.45, 2.75) is 57.2 Å². The van der Waals surface area contributed by atoms with Gasteiger partial charge in [-0.2, -0.15) is 0 Å². The van der Waals surface area contributed by atoms with E-state index in [1.165, 1.54) is 19.3 Å². The van der Waals surface area contributed by atoms with Crippen LogP contribution in [0.5, 0.6) is 0 Å². The lowest BCUT2D eigenvalue weighted by Gasteiger charge is -2.07. The summed E-state index contributed by atoms with van der Waals surface area (Å²) in [5.41, 5.74) is 0. The summed E-state index contributed by atoms with van der Waals surface area (Å²) in [6, 6.07) is 0. The van der Waals surface area contributed by atoms with E-state index in [0.29, 0.717) is 35.2 Å². The highest BCUT2D eigenvalue weighted by Crippen LogP contribution is 2.33. The number of rotatable bonds is 16. The maximum absolute atomic E-state index is 5.63. The van der Waals surface area contributed by atoms with Crippen molar-refractivity contribution in [3.8, 4) is 0 Å². The number of hydrogen-bond donors (Lipinski definition) is 0. The van der Waals surface area contributed by atoms with Crippen molar-refractivity contribution in [1.29, 1.82) is 0 Å². The zero-order chi connectivity index (χ0) is 24.6. The molecule has 0 radical (unpaired) electrons. The van der Waals surface area contributed by atoms with Gasteiger partial charge in [0.25, 0.3) is 0 Å². The van der Waals surface area contributed by atoms with Crippen molar-refractivity contribution in [1.82, 2.24) is 0 Å². The fourth-order valence-corrected chi connectivity index (χ4v) is 6.23. The second-order valence-corrected chi connectivity index (χ2v) is 12.2. The standard InChI is InChI=1S/C27H38O4S4/c32-26-30-24(20-34-26)18-28-15-9-5-1-3-7-11-22-13-14-23(17-22)12-8-4-2-6-10-16-29-19-25-21-35-27(33)31-25/h5-12,22-25H,1-4,13-21H2/b9-5+,10-6+,11-7+,12-8+. The first-order valence-electron chi connectivity index (χ1n) is 12.6. The molecular weight excluding hydrogens is 517 g/mol. The second-order valence-electron chi connectivity index (χ2n) is 8.96. The maximum atomic E-state index is 5.63. The SMILES string of the molecule is S=C1OC(COC/C=C/CC/C=C/C2CCC(/C=C/CC/C=C/COCC3CSC(=S)O3)C2)CS1. The molecule has 4 nitrogen and oxygen atoms in total. The predicted octanol–water partition coefficient (Wildman–Crippen LogP) is 7.05. The number of thioether (sulfide) groups is 2. The smallest absolute Gasteiger partial charge is 0.220 e. The second kappa shape index (κ2) is 17.8. The van der Waals surface area contributed by atoms with E-state index in [2.05, 4.69) is 48.6 Å². The Balaban J connectivity index is 1.12. The van der Waals surface area contributed by atoms with E-state index in [-0.39, 0.29) is 12.2 Å². The van der Waals surface area contributed by atoms with Crippen LogP contribution in [0.15, 0.2) is 48.6 Å². The van der Waals surface area contributed by atoms with Crippen LogP contribution in [0.4, 0.5) is 0 Å². The Morgan fingerprint density at radius 1 is 0.686 bits per heavy atom. The van der Waals surface area contributed by atoms with Crippen LogP contribution in [0, 0.1) is 11.8 Å². The lowest BCUT2D eigenvalue weighted by atomic mass is 10.0. The van der Waals surface area contributed by atoms with Crippen LogP contribution in [0.2, 0.25) is 0 Å². The third kappa shape index (κ3) is 12.9. The zero-order valence-electron chi connectivity index (χ0n) is 20.4. The van der Waals surface area contributed by atoms with Crippen molar-refractivity contribution in [3.05, 3.63) is 48.6 Å². The van der Waals surface area contributed by atoms with Gasteiger partial charge in [0, 0.05) is 11.5 Å². The highest BCUT2D eigenvalue weighted by atomic mass is 32.2. The fraction of sp³-hybridized carbons (Fsp3) is 0.630. The van der Waals surface area contributed by atoms with Crippen LogP contribution in [0.3, 0.4) is 0 Å². The van der Waals surface area contributed by atoms with Gasteiger partial charge in [-0.05, 0) is 81.2 Å². The number of allylic oxidation sites excluding steroid dienone is 6.